The summed E-state index contributed by atoms with van der Waals surface area (Å²) in [5.41, 5.74) is 0.262. The van der Waals surface area contributed by atoms with Crippen LogP contribution in [0.1, 0.15) is 23.7 Å². The number of benzene rings is 3. The second kappa shape index (κ2) is 6.07. The van der Waals surface area contributed by atoms with Crippen molar-refractivity contribution in [2.45, 2.75) is 24.4 Å². The molecule has 0 saturated heterocycles. The molecule has 2 aliphatic rings. The van der Waals surface area contributed by atoms with Gasteiger partial charge < -0.3 is 23.9 Å². The number of fused-ring (bicyclic) bond motifs is 2. The van der Waals surface area contributed by atoms with Crippen LogP contribution in [0.15, 0.2) is 54.6 Å². The van der Waals surface area contributed by atoms with Crippen molar-refractivity contribution in [2.24, 2.45) is 0 Å². The van der Waals surface area contributed by atoms with Gasteiger partial charge in [0, 0.05) is 17.5 Å². The van der Waals surface area contributed by atoms with E-state index in [1.165, 1.54) is 12.1 Å². The van der Waals surface area contributed by atoms with Crippen molar-refractivity contribution < 1.29 is 36.8 Å². The normalized spacial score (nSPS) is 21.9. The van der Waals surface area contributed by atoms with Gasteiger partial charge in [-0.05, 0) is 23.6 Å². The van der Waals surface area contributed by atoms with Crippen LogP contribution in [-0.4, -0.2) is 29.3 Å². The van der Waals surface area contributed by atoms with Gasteiger partial charge in [0.2, 0.25) is 0 Å². The minimum atomic E-state index is -4.83. The Morgan fingerprint density at radius 3 is 2.21 bits per heavy atom. The first-order valence-corrected chi connectivity index (χ1v) is 10.2. The average Bonchev–Trinajstić information content (AvgIpc) is 2.65. The summed E-state index contributed by atoms with van der Waals surface area (Å²) in [5, 5.41) is 23.1. The highest BCUT2D eigenvalue weighted by atomic mass is 32.3. The molecule has 0 bridgehead atoms. The quantitative estimate of drug-likeness (QED) is 0.545. The van der Waals surface area contributed by atoms with Crippen LogP contribution < -0.4 is 13.7 Å². The van der Waals surface area contributed by atoms with Crippen LogP contribution in [0.2, 0.25) is 0 Å². The van der Waals surface area contributed by atoms with Gasteiger partial charge in [-0.3, -0.25) is 4.55 Å². The highest BCUT2D eigenvalue weighted by Crippen LogP contribution is 2.52. The van der Waals surface area contributed by atoms with Crippen LogP contribution in [0, 0.1) is 0 Å². The maximum absolute atomic E-state index is 11.3. The second-order valence-corrected chi connectivity index (χ2v) is 8.00. The predicted octanol–water partition coefficient (Wildman–Crippen LogP) is 2.44. The summed E-state index contributed by atoms with van der Waals surface area (Å²) < 4.78 is 48.6. The Bertz CT molecular complexity index is 1200. The molecule has 2 atom stereocenters. The standard InChI is InChI=1S/C20H16O8S/c21-13-10-17(22)20(12-6-3-9-16(19(12)13)28-29(23,24)25)26-14-7-1-4-11-5-2-8-15(27-20)18(11)14/h1-9,13,17,21-22H,10H2,(H,23,24,25). The van der Waals surface area contributed by atoms with E-state index < -0.39 is 28.4 Å². The molecule has 0 aromatic heterocycles. The van der Waals surface area contributed by atoms with Gasteiger partial charge in [0.1, 0.15) is 17.6 Å². The molecule has 29 heavy (non-hydrogen) atoms. The van der Waals surface area contributed by atoms with Crippen LogP contribution >= 0.6 is 0 Å². The molecule has 0 radical (unpaired) electrons. The molecule has 0 saturated carbocycles. The Morgan fingerprint density at radius 2 is 1.59 bits per heavy atom. The zero-order valence-electron chi connectivity index (χ0n) is 14.8. The third-order valence-electron chi connectivity index (χ3n) is 5.21. The van der Waals surface area contributed by atoms with E-state index in [1.54, 1.807) is 18.2 Å². The monoisotopic (exact) mass is 416 g/mol. The Kier molecular flexibility index (Phi) is 3.81. The van der Waals surface area contributed by atoms with Crippen molar-refractivity contribution in [3.05, 3.63) is 65.7 Å². The number of aliphatic hydroxyl groups is 2. The molecule has 1 heterocycles. The van der Waals surface area contributed by atoms with E-state index >= 15 is 0 Å². The van der Waals surface area contributed by atoms with E-state index in [9.17, 15) is 18.6 Å². The van der Waals surface area contributed by atoms with E-state index in [-0.39, 0.29) is 23.3 Å². The van der Waals surface area contributed by atoms with Crippen LogP contribution in [0.5, 0.6) is 17.2 Å². The largest absolute Gasteiger partial charge is 0.446 e. The highest BCUT2D eigenvalue weighted by molar-refractivity contribution is 7.81. The lowest BCUT2D eigenvalue weighted by Gasteiger charge is -2.46. The molecular formula is C20H16O8S. The molecule has 5 rings (SSSR count). The SMILES string of the molecule is O=S(=O)(O)Oc1cccc2c1C(O)CC(O)C21Oc2cccc3cccc(c23)O1. The molecular weight excluding hydrogens is 400 g/mol. The van der Waals surface area contributed by atoms with Gasteiger partial charge in [-0.15, -0.1) is 0 Å². The van der Waals surface area contributed by atoms with E-state index in [0.717, 1.165) is 10.8 Å². The summed E-state index contributed by atoms with van der Waals surface area (Å²) in [4.78, 5) is 0. The average molecular weight is 416 g/mol. The number of ether oxygens (including phenoxy) is 2. The fourth-order valence-corrected chi connectivity index (χ4v) is 4.45. The first-order valence-electron chi connectivity index (χ1n) is 8.85. The van der Waals surface area contributed by atoms with Crippen molar-refractivity contribution in [1.82, 2.24) is 0 Å². The van der Waals surface area contributed by atoms with Crippen molar-refractivity contribution in [3.63, 3.8) is 0 Å². The fourth-order valence-electron chi connectivity index (χ4n) is 4.08. The number of hydrogen-bond donors (Lipinski definition) is 3. The van der Waals surface area contributed by atoms with Crippen molar-refractivity contribution in [1.29, 1.82) is 0 Å². The zero-order valence-corrected chi connectivity index (χ0v) is 15.7. The number of rotatable bonds is 2. The Hall–Kier alpha value is -2.85. The Labute approximate surface area is 165 Å². The minimum Gasteiger partial charge on any atom is -0.445 e. The zero-order chi connectivity index (χ0) is 20.4. The summed E-state index contributed by atoms with van der Waals surface area (Å²) in [6.45, 7) is 0. The lowest BCUT2D eigenvalue weighted by atomic mass is 9.81. The van der Waals surface area contributed by atoms with E-state index in [1.807, 2.05) is 24.3 Å². The van der Waals surface area contributed by atoms with Crippen molar-refractivity contribution in [2.75, 3.05) is 0 Å². The second-order valence-electron chi connectivity index (χ2n) is 6.98. The number of aliphatic hydroxyl groups excluding tert-OH is 2. The van der Waals surface area contributed by atoms with Gasteiger partial charge in [0.25, 0.3) is 0 Å². The van der Waals surface area contributed by atoms with Gasteiger partial charge in [-0.25, -0.2) is 0 Å². The van der Waals surface area contributed by atoms with Gasteiger partial charge in [-0.2, -0.15) is 8.42 Å². The van der Waals surface area contributed by atoms with E-state index in [2.05, 4.69) is 4.18 Å². The predicted molar refractivity (Wildman–Crippen MR) is 101 cm³/mol. The molecule has 2 unspecified atom stereocenters. The lowest BCUT2D eigenvalue weighted by molar-refractivity contribution is -0.214. The van der Waals surface area contributed by atoms with Crippen LogP contribution in [0.3, 0.4) is 0 Å². The first kappa shape index (κ1) is 18.2. The molecule has 1 aliphatic heterocycles. The molecule has 3 aromatic rings. The third-order valence-corrected chi connectivity index (χ3v) is 5.60. The Balaban J connectivity index is 1.73. The minimum absolute atomic E-state index is 0.0574. The summed E-state index contributed by atoms with van der Waals surface area (Å²) >= 11 is 0. The van der Waals surface area contributed by atoms with Gasteiger partial charge in [0.15, 0.2) is 5.75 Å². The van der Waals surface area contributed by atoms with Crippen molar-refractivity contribution in [3.8, 4) is 17.2 Å². The maximum atomic E-state index is 11.3. The van der Waals surface area contributed by atoms with E-state index in [4.69, 9.17) is 14.0 Å². The summed E-state index contributed by atoms with van der Waals surface area (Å²) in [7, 11) is -4.83. The first-order chi connectivity index (χ1) is 13.8. The lowest BCUT2D eigenvalue weighted by Crippen LogP contribution is -2.54. The van der Waals surface area contributed by atoms with Gasteiger partial charge >= 0.3 is 16.2 Å². The summed E-state index contributed by atoms with van der Waals surface area (Å²) in [6, 6.07) is 15.2. The molecule has 1 spiro atoms. The number of hydrogen-bond acceptors (Lipinski definition) is 7. The van der Waals surface area contributed by atoms with Crippen LogP contribution in [0.25, 0.3) is 10.8 Å². The molecule has 0 amide bonds. The maximum Gasteiger partial charge on any atom is 0.446 e. The molecule has 0 fully saturated rings. The van der Waals surface area contributed by atoms with Crippen LogP contribution in [0.4, 0.5) is 0 Å². The molecule has 1 aliphatic carbocycles. The van der Waals surface area contributed by atoms with Gasteiger partial charge in [-0.1, -0.05) is 36.4 Å². The molecule has 3 aromatic carbocycles. The third kappa shape index (κ3) is 2.74. The van der Waals surface area contributed by atoms with Crippen molar-refractivity contribution >= 4 is 21.2 Å². The summed E-state index contributed by atoms with van der Waals surface area (Å²) in [6.07, 6.45) is -2.73. The molecule has 9 heteroatoms. The fraction of sp³-hybridized carbons (Fsp3) is 0.200. The summed E-state index contributed by atoms with van der Waals surface area (Å²) in [5.74, 6) is -1.04. The van der Waals surface area contributed by atoms with Gasteiger partial charge in [0.05, 0.1) is 11.5 Å². The highest BCUT2D eigenvalue weighted by Gasteiger charge is 2.54. The smallest absolute Gasteiger partial charge is 0.445 e. The molecule has 8 nitrogen and oxygen atoms in total. The Morgan fingerprint density at radius 1 is 0.966 bits per heavy atom. The van der Waals surface area contributed by atoms with E-state index in [0.29, 0.717) is 11.5 Å². The molecule has 3 N–H and O–H groups in total. The van der Waals surface area contributed by atoms with Crippen LogP contribution in [-0.2, 0) is 16.2 Å². The molecule has 150 valence electrons. The topological polar surface area (TPSA) is 123 Å².